The van der Waals surface area contributed by atoms with Crippen LogP contribution in [0.15, 0.2) is 57.7 Å². The number of fused-ring (bicyclic) bond motifs is 1. The fourth-order valence-corrected chi connectivity index (χ4v) is 3.18. The third kappa shape index (κ3) is 4.83. The number of aryl methyl sites for hydroxylation is 1. The number of carbonyl (C=O) groups excluding carboxylic acids is 1. The fourth-order valence-electron chi connectivity index (χ4n) is 3.18. The second-order valence-corrected chi connectivity index (χ2v) is 6.83. The quantitative estimate of drug-likeness (QED) is 0.673. The van der Waals surface area contributed by atoms with Crippen LogP contribution in [0.5, 0.6) is 0 Å². The molecule has 1 aromatic heterocycles. The molecule has 0 saturated heterocycles. The van der Waals surface area contributed by atoms with Crippen LogP contribution in [0.25, 0.3) is 11.0 Å². The summed E-state index contributed by atoms with van der Waals surface area (Å²) in [4.78, 5) is 25.4. The summed E-state index contributed by atoms with van der Waals surface area (Å²) >= 11 is 0. The maximum atomic E-state index is 12.0. The summed E-state index contributed by atoms with van der Waals surface area (Å²) in [5, 5.41) is 3.58. The summed E-state index contributed by atoms with van der Waals surface area (Å²) in [6.45, 7) is 5.00. The number of rotatable bonds is 6. The third-order valence-electron chi connectivity index (χ3n) is 4.47. The van der Waals surface area contributed by atoms with E-state index in [2.05, 4.69) is 41.4 Å². The standard InChI is InChI=1S/C22H24N2O3/c1-4-16-5-7-17(8-6-16)13-24(3)14-18-11-22(26)27-21-12-19(23-15(2)25)9-10-20(18)21/h5-12H,4,13-14H2,1-3H3,(H,23,25). The molecule has 0 aliphatic heterocycles. The van der Waals surface area contributed by atoms with Gasteiger partial charge in [-0.3, -0.25) is 9.69 Å². The molecular weight excluding hydrogens is 340 g/mol. The predicted molar refractivity (Wildman–Crippen MR) is 108 cm³/mol. The first-order valence-corrected chi connectivity index (χ1v) is 9.05. The number of hydrogen-bond donors (Lipinski definition) is 1. The van der Waals surface area contributed by atoms with E-state index in [1.807, 2.05) is 19.2 Å². The lowest BCUT2D eigenvalue weighted by Gasteiger charge is -2.18. The summed E-state index contributed by atoms with van der Waals surface area (Å²) in [5.74, 6) is -0.165. The molecule has 5 nitrogen and oxygen atoms in total. The van der Waals surface area contributed by atoms with E-state index < -0.39 is 5.63 Å². The SMILES string of the molecule is CCc1ccc(CN(C)Cc2cc(=O)oc3cc(NC(C)=O)ccc23)cc1. The summed E-state index contributed by atoms with van der Waals surface area (Å²) in [5.41, 5.74) is 4.16. The van der Waals surface area contributed by atoms with Crippen LogP contribution in [-0.4, -0.2) is 17.9 Å². The van der Waals surface area contributed by atoms with Gasteiger partial charge in [-0.15, -0.1) is 0 Å². The minimum Gasteiger partial charge on any atom is -0.423 e. The lowest BCUT2D eigenvalue weighted by Crippen LogP contribution is -2.18. The normalized spacial score (nSPS) is 11.1. The van der Waals surface area contributed by atoms with Crippen LogP contribution in [0.1, 0.15) is 30.5 Å². The van der Waals surface area contributed by atoms with Crippen molar-refractivity contribution in [2.45, 2.75) is 33.4 Å². The highest BCUT2D eigenvalue weighted by molar-refractivity contribution is 5.92. The zero-order chi connectivity index (χ0) is 19.4. The Kier molecular flexibility index (Phi) is 5.72. The largest absolute Gasteiger partial charge is 0.423 e. The van der Waals surface area contributed by atoms with Gasteiger partial charge in [-0.05, 0) is 42.3 Å². The molecule has 0 spiro atoms. The maximum Gasteiger partial charge on any atom is 0.336 e. The van der Waals surface area contributed by atoms with E-state index in [0.717, 1.165) is 23.9 Å². The number of benzene rings is 2. The Morgan fingerprint density at radius 2 is 1.74 bits per heavy atom. The van der Waals surface area contributed by atoms with E-state index in [9.17, 15) is 9.59 Å². The smallest absolute Gasteiger partial charge is 0.336 e. The van der Waals surface area contributed by atoms with Crippen molar-refractivity contribution in [2.24, 2.45) is 0 Å². The first kappa shape index (κ1) is 18.9. The summed E-state index contributed by atoms with van der Waals surface area (Å²) in [6, 6.07) is 15.5. The van der Waals surface area contributed by atoms with Crippen molar-refractivity contribution in [1.29, 1.82) is 0 Å². The molecule has 3 aromatic rings. The Bertz CT molecular complexity index is 1010. The molecule has 1 N–H and O–H groups in total. The highest BCUT2D eigenvalue weighted by Crippen LogP contribution is 2.22. The van der Waals surface area contributed by atoms with E-state index >= 15 is 0 Å². The van der Waals surface area contributed by atoms with Crippen molar-refractivity contribution >= 4 is 22.6 Å². The van der Waals surface area contributed by atoms with Crippen molar-refractivity contribution in [2.75, 3.05) is 12.4 Å². The van der Waals surface area contributed by atoms with Crippen molar-refractivity contribution in [1.82, 2.24) is 4.90 Å². The molecule has 140 valence electrons. The average Bonchev–Trinajstić information content (AvgIpc) is 2.61. The monoisotopic (exact) mass is 364 g/mol. The van der Waals surface area contributed by atoms with Gasteiger partial charge in [-0.2, -0.15) is 0 Å². The number of anilines is 1. The van der Waals surface area contributed by atoms with Crippen molar-refractivity contribution in [3.05, 3.63) is 75.6 Å². The van der Waals surface area contributed by atoms with Crippen LogP contribution in [0, 0.1) is 0 Å². The average molecular weight is 364 g/mol. The van der Waals surface area contributed by atoms with Crippen molar-refractivity contribution < 1.29 is 9.21 Å². The van der Waals surface area contributed by atoms with Crippen LogP contribution in [0.2, 0.25) is 0 Å². The molecule has 0 aliphatic rings. The molecule has 0 atom stereocenters. The molecule has 0 unspecified atom stereocenters. The van der Waals surface area contributed by atoms with Gasteiger partial charge in [-0.25, -0.2) is 4.79 Å². The minimum atomic E-state index is -0.391. The maximum absolute atomic E-state index is 12.0. The van der Waals surface area contributed by atoms with Crippen molar-refractivity contribution in [3.8, 4) is 0 Å². The molecule has 2 aromatic carbocycles. The number of hydrogen-bond acceptors (Lipinski definition) is 4. The number of amides is 1. The van der Waals surface area contributed by atoms with Gasteiger partial charge in [0.05, 0.1) is 0 Å². The molecule has 0 fully saturated rings. The van der Waals surface area contributed by atoms with Crippen LogP contribution < -0.4 is 10.9 Å². The van der Waals surface area contributed by atoms with Gasteiger partial charge in [0.15, 0.2) is 0 Å². The number of carbonyl (C=O) groups is 1. The molecule has 0 bridgehead atoms. The lowest BCUT2D eigenvalue weighted by molar-refractivity contribution is -0.114. The highest BCUT2D eigenvalue weighted by Gasteiger charge is 2.10. The van der Waals surface area contributed by atoms with Crippen LogP contribution in [0.4, 0.5) is 5.69 Å². The summed E-state index contributed by atoms with van der Waals surface area (Å²) < 4.78 is 5.32. The second kappa shape index (κ2) is 8.18. The van der Waals surface area contributed by atoms with Crippen LogP contribution in [0.3, 0.4) is 0 Å². The van der Waals surface area contributed by atoms with E-state index in [0.29, 0.717) is 17.8 Å². The van der Waals surface area contributed by atoms with Gasteiger partial charge in [0, 0.05) is 43.2 Å². The Morgan fingerprint density at radius 1 is 1.04 bits per heavy atom. The van der Waals surface area contributed by atoms with E-state index in [1.165, 1.54) is 24.1 Å². The fraction of sp³-hybridized carbons (Fsp3) is 0.273. The van der Waals surface area contributed by atoms with Gasteiger partial charge in [0.25, 0.3) is 0 Å². The minimum absolute atomic E-state index is 0.165. The summed E-state index contributed by atoms with van der Waals surface area (Å²) in [7, 11) is 2.03. The van der Waals surface area contributed by atoms with E-state index in [4.69, 9.17) is 4.42 Å². The predicted octanol–water partition coefficient (Wildman–Crippen LogP) is 3.95. The van der Waals surface area contributed by atoms with Crippen LogP contribution in [-0.2, 0) is 24.3 Å². The van der Waals surface area contributed by atoms with Gasteiger partial charge in [0.1, 0.15) is 5.58 Å². The molecule has 0 aliphatic carbocycles. The lowest BCUT2D eigenvalue weighted by atomic mass is 10.1. The molecular formula is C22H24N2O3. The van der Waals surface area contributed by atoms with Gasteiger partial charge < -0.3 is 9.73 Å². The highest BCUT2D eigenvalue weighted by atomic mass is 16.4. The molecule has 1 amide bonds. The molecule has 0 saturated carbocycles. The van der Waals surface area contributed by atoms with Crippen LogP contribution >= 0.6 is 0 Å². The van der Waals surface area contributed by atoms with Gasteiger partial charge in [-0.1, -0.05) is 31.2 Å². The van der Waals surface area contributed by atoms with Crippen molar-refractivity contribution in [3.63, 3.8) is 0 Å². The number of nitrogens with zero attached hydrogens (tertiary/aromatic N) is 1. The third-order valence-corrected chi connectivity index (χ3v) is 4.47. The molecule has 0 radical (unpaired) electrons. The zero-order valence-electron chi connectivity index (χ0n) is 15.9. The first-order valence-electron chi connectivity index (χ1n) is 9.05. The van der Waals surface area contributed by atoms with Gasteiger partial charge in [0.2, 0.25) is 5.91 Å². The van der Waals surface area contributed by atoms with E-state index in [-0.39, 0.29) is 5.91 Å². The number of nitrogens with one attached hydrogen (secondary N) is 1. The summed E-state index contributed by atoms with van der Waals surface area (Å²) in [6.07, 6.45) is 1.03. The molecule has 5 heteroatoms. The second-order valence-electron chi connectivity index (χ2n) is 6.83. The van der Waals surface area contributed by atoms with Gasteiger partial charge >= 0.3 is 5.63 Å². The topological polar surface area (TPSA) is 62.6 Å². The van der Waals surface area contributed by atoms with E-state index in [1.54, 1.807) is 6.07 Å². The Labute approximate surface area is 158 Å². The molecule has 27 heavy (non-hydrogen) atoms. The Morgan fingerprint density at radius 3 is 2.41 bits per heavy atom. The Balaban J connectivity index is 1.82. The first-order chi connectivity index (χ1) is 12.9. The molecule has 3 rings (SSSR count). The zero-order valence-corrected chi connectivity index (χ0v) is 15.9. The Hall–Kier alpha value is -2.92. The molecule has 1 heterocycles.